The third-order valence-corrected chi connectivity index (χ3v) is 1.51. The van der Waals surface area contributed by atoms with Gasteiger partial charge in [-0.3, -0.25) is 9.69 Å². The maximum Gasteiger partial charge on any atom is 0.317 e. The van der Waals surface area contributed by atoms with Crippen molar-refractivity contribution in [3.05, 3.63) is 0 Å². The highest BCUT2D eigenvalue weighted by atomic mass is 16.4. The lowest BCUT2D eigenvalue weighted by atomic mass is 10.3. The maximum absolute atomic E-state index is 10.2. The van der Waals surface area contributed by atoms with Crippen LogP contribution in [0.3, 0.4) is 0 Å². The van der Waals surface area contributed by atoms with Crippen LogP contribution in [0.25, 0.3) is 0 Å². The van der Waals surface area contributed by atoms with Crippen molar-refractivity contribution >= 4 is 5.97 Å². The molecule has 0 radical (unpaired) electrons. The average Bonchev–Trinajstić information content (AvgIpc) is 2.12. The molecular weight excluding hydrogens is 132 g/mol. The number of rotatable bonds is 2. The Balaban J connectivity index is 0.000000671. The molecule has 0 amide bonds. The van der Waals surface area contributed by atoms with E-state index in [1.54, 1.807) is 0 Å². The number of hydrogen-bond donors (Lipinski definition) is 2. The summed E-state index contributed by atoms with van der Waals surface area (Å²) in [5.74, 6) is -0.788. The van der Waals surface area contributed by atoms with Crippen LogP contribution in [-0.4, -0.2) is 48.7 Å². The molecule has 1 saturated heterocycles. The Morgan fingerprint density at radius 1 is 1.90 bits per heavy atom. The summed E-state index contributed by atoms with van der Waals surface area (Å²) in [4.78, 5) is 12.1. The molecule has 1 aliphatic rings. The Kier molecular flexibility index (Phi) is 1.80. The third kappa shape index (κ3) is 2.33. The second-order valence-electron chi connectivity index (χ2n) is 2.34. The van der Waals surface area contributed by atoms with Gasteiger partial charge in [-0.15, -0.1) is 0 Å². The predicted octanol–water partition coefficient (Wildman–Crippen LogP) is -0.778. The molecule has 4 heteroatoms. The van der Waals surface area contributed by atoms with Gasteiger partial charge in [0.2, 0.25) is 0 Å². The van der Waals surface area contributed by atoms with Crippen molar-refractivity contribution < 1.29 is 14.3 Å². The van der Waals surface area contributed by atoms with E-state index in [2.05, 4.69) is 0 Å². The number of carboxylic acids is 1. The summed E-state index contributed by atoms with van der Waals surface area (Å²) in [5, 5.41) is 9.89. The van der Waals surface area contributed by atoms with Gasteiger partial charge in [0.25, 0.3) is 0 Å². The molecule has 1 rings (SSSR count). The molecule has 1 fully saturated rings. The lowest BCUT2D eigenvalue weighted by molar-refractivity contribution is -0.138. The van der Waals surface area contributed by atoms with Crippen molar-refractivity contribution in [3.63, 3.8) is 0 Å². The zero-order valence-corrected chi connectivity index (χ0v) is 5.79. The third-order valence-electron chi connectivity index (χ3n) is 1.51. The van der Waals surface area contributed by atoms with E-state index in [0.29, 0.717) is 26.2 Å². The van der Waals surface area contributed by atoms with Crippen LogP contribution in [-0.2, 0) is 4.79 Å². The Labute approximate surface area is 64.4 Å². The van der Waals surface area contributed by atoms with Gasteiger partial charge in [0.1, 0.15) is 1.41 Å². The molecular formula is C6H14N2O2. The van der Waals surface area contributed by atoms with Crippen LogP contribution in [0.4, 0.5) is 0 Å². The lowest BCUT2D eigenvalue weighted by Gasteiger charge is -2.25. The van der Waals surface area contributed by atoms with Gasteiger partial charge < -0.3 is 10.4 Å². The first-order valence-electron chi connectivity index (χ1n) is 4.81. The summed E-state index contributed by atoms with van der Waals surface area (Å²) >= 11 is 0. The molecule has 0 unspecified atom stereocenters. The number of piperazine rings is 1. The van der Waals surface area contributed by atoms with Gasteiger partial charge in [0.05, 0.1) is 6.54 Å². The number of carboxylic acid groups (broad SMARTS) is 1. The Hall–Kier alpha value is -0.610. The Morgan fingerprint density at radius 3 is 3.00 bits per heavy atom. The SMILES string of the molecule is [3H]N1CCN(CC(=O)O)CC1.[3H][3H]. The van der Waals surface area contributed by atoms with Gasteiger partial charge in [-0.25, -0.2) is 0 Å². The van der Waals surface area contributed by atoms with Gasteiger partial charge >= 0.3 is 5.97 Å². The number of aliphatic carboxylic acids is 1. The first-order valence-corrected chi connectivity index (χ1v) is 3.36. The molecule has 0 bridgehead atoms. The largest absolute Gasteiger partial charge is 0.480 e. The molecule has 0 saturated carbocycles. The first-order chi connectivity index (χ1) is 6.18. The molecule has 0 atom stereocenters. The van der Waals surface area contributed by atoms with Crippen LogP contribution in [0.1, 0.15) is 2.97 Å². The fourth-order valence-corrected chi connectivity index (χ4v) is 0.997. The lowest BCUT2D eigenvalue weighted by Crippen LogP contribution is -2.45. The minimum Gasteiger partial charge on any atom is -0.480 e. The van der Waals surface area contributed by atoms with Crippen molar-refractivity contribution in [1.29, 1.82) is 0 Å². The van der Waals surface area contributed by atoms with Crippen molar-refractivity contribution in [2.45, 2.75) is 0 Å². The zero-order valence-electron chi connectivity index (χ0n) is 8.79. The summed E-state index contributed by atoms with van der Waals surface area (Å²) in [6.45, 7) is 2.78. The van der Waals surface area contributed by atoms with Crippen LogP contribution in [0.5, 0.6) is 0 Å². The molecule has 0 aliphatic carbocycles. The second kappa shape index (κ2) is 3.53. The number of carbonyl (C=O) groups is 1. The minimum atomic E-state index is -0.788. The molecule has 60 valence electrons. The van der Waals surface area contributed by atoms with E-state index in [0.717, 1.165) is 0 Å². The Bertz CT molecular complexity index is 151. The van der Waals surface area contributed by atoms with Crippen LogP contribution >= 0.6 is 0 Å². The fourth-order valence-electron chi connectivity index (χ4n) is 0.997. The van der Waals surface area contributed by atoms with Gasteiger partial charge in [0.15, 0.2) is 0 Å². The zero-order chi connectivity index (χ0) is 10.3. The molecule has 0 aromatic rings. The van der Waals surface area contributed by atoms with Crippen molar-refractivity contribution in [2.75, 3.05) is 32.7 Å². The second-order valence-corrected chi connectivity index (χ2v) is 2.34. The van der Waals surface area contributed by atoms with E-state index in [1.807, 2.05) is 4.90 Å². The normalized spacial score (nSPS) is 25.0. The van der Waals surface area contributed by atoms with Crippen LogP contribution < -0.4 is 5.31 Å². The molecule has 0 aromatic heterocycles. The van der Waals surface area contributed by atoms with Gasteiger partial charge in [0, 0.05) is 29.1 Å². The number of nitrogens with zero attached hydrogens (tertiary/aromatic N) is 1. The monoisotopic (exact) mass is 152 g/mol. The van der Waals surface area contributed by atoms with Crippen LogP contribution in [0, 0.1) is 0 Å². The summed E-state index contributed by atoms with van der Waals surface area (Å²) in [7, 11) is 0. The average molecular weight is 152 g/mol. The number of hydrogen-bond acceptors (Lipinski definition) is 3. The molecule has 10 heavy (non-hydrogen) atoms. The first kappa shape index (κ1) is 5.09. The van der Waals surface area contributed by atoms with E-state index in [4.69, 9.17) is 9.49 Å². The van der Waals surface area contributed by atoms with Gasteiger partial charge in [-0.1, -0.05) is 0 Å². The van der Waals surface area contributed by atoms with E-state index in [1.165, 1.54) is 5.31 Å². The van der Waals surface area contributed by atoms with Gasteiger partial charge in [-0.05, 0) is 0 Å². The highest BCUT2D eigenvalue weighted by molar-refractivity contribution is 5.69. The topological polar surface area (TPSA) is 52.6 Å². The molecule has 0 spiro atoms. The molecule has 1 aliphatic heterocycles. The molecule has 2 N–H and O–H groups in total. The smallest absolute Gasteiger partial charge is 0.317 e. The molecule has 1 heterocycles. The predicted molar refractivity (Wildman–Crippen MR) is 39.1 cm³/mol. The fraction of sp³-hybridized carbons (Fsp3) is 0.833. The number of nitrogens with one attached hydrogen (secondary N) is 1. The van der Waals surface area contributed by atoms with Crippen LogP contribution in [0.15, 0.2) is 0 Å². The van der Waals surface area contributed by atoms with E-state index >= 15 is 0 Å². The Morgan fingerprint density at radius 2 is 2.50 bits per heavy atom. The summed E-state index contributed by atoms with van der Waals surface area (Å²) in [6.07, 6.45) is 0. The molecule has 4 nitrogen and oxygen atoms in total. The highest BCUT2D eigenvalue weighted by Crippen LogP contribution is 1.89. The van der Waals surface area contributed by atoms with Crippen molar-refractivity contribution in [2.24, 2.45) is 0 Å². The standard InChI is InChI=1S/C6H12N2O2.H2/c9-6(10)5-8-3-1-7-2-4-8;/h7H,1-5H2,(H,9,10);1H/i;1+2T/hT. The van der Waals surface area contributed by atoms with Crippen molar-refractivity contribution in [3.8, 4) is 0 Å². The quantitative estimate of drug-likeness (QED) is 0.545. The van der Waals surface area contributed by atoms with E-state index in [-0.39, 0.29) is 6.54 Å². The minimum absolute atomic E-state index is 0.105. The maximum atomic E-state index is 10.2. The summed E-state index contributed by atoms with van der Waals surface area (Å²) in [6, 6.07) is 0. The van der Waals surface area contributed by atoms with E-state index in [9.17, 15) is 4.79 Å². The molecule has 0 aromatic carbocycles. The van der Waals surface area contributed by atoms with E-state index < -0.39 is 5.97 Å². The van der Waals surface area contributed by atoms with Crippen molar-refractivity contribution in [1.82, 2.24) is 10.2 Å². The van der Waals surface area contributed by atoms with Gasteiger partial charge in [-0.2, -0.15) is 0 Å². The summed E-state index contributed by atoms with van der Waals surface area (Å²) < 4.78 is 17.2. The highest BCUT2D eigenvalue weighted by Gasteiger charge is 2.11. The summed E-state index contributed by atoms with van der Waals surface area (Å²) in [5.41, 5.74) is 0. The van der Waals surface area contributed by atoms with Crippen LogP contribution in [0.2, 0.25) is 1.41 Å².